The van der Waals surface area contributed by atoms with Crippen LogP contribution in [0.5, 0.6) is 0 Å². The molecule has 11 heavy (non-hydrogen) atoms. The number of rotatable bonds is 0. The van der Waals surface area contributed by atoms with E-state index in [1.807, 2.05) is 11.3 Å². The van der Waals surface area contributed by atoms with E-state index < -0.39 is 0 Å². The Morgan fingerprint density at radius 3 is 2.09 bits per heavy atom. The van der Waals surface area contributed by atoms with Gasteiger partial charge in [-0.25, -0.2) is 0 Å². The van der Waals surface area contributed by atoms with Crippen molar-refractivity contribution in [1.29, 1.82) is 0 Å². The highest BCUT2D eigenvalue weighted by molar-refractivity contribution is 14.1. The van der Waals surface area contributed by atoms with Gasteiger partial charge in [0.1, 0.15) is 0 Å². The Balaban J connectivity index is 3.13. The van der Waals surface area contributed by atoms with E-state index >= 15 is 0 Å². The topological polar surface area (TPSA) is 0 Å². The van der Waals surface area contributed by atoms with E-state index in [0.29, 0.717) is 5.41 Å². The maximum Gasteiger partial charge on any atom is 0.0693 e. The molecule has 1 aromatic heterocycles. The van der Waals surface area contributed by atoms with E-state index in [0.717, 1.165) is 0 Å². The standard InChI is InChI=1S/C9H13IS/c1-6-5-7(8(10)11-6)9(2,3)4/h5H,1-4H3. The highest BCUT2D eigenvalue weighted by Crippen LogP contribution is 2.32. The van der Waals surface area contributed by atoms with Gasteiger partial charge in [-0.1, -0.05) is 20.8 Å². The molecule has 0 N–H and O–H groups in total. The smallest absolute Gasteiger partial charge is 0.0693 e. The lowest BCUT2D eigenvalue weighted by atomic mass is 9.89. The van der Waals surface area contributed by atoms with Crippen LogP contribution < -0.4 is 0 Å². The van der Waals surface area contributed by atoms with Gasteiger partial charge in [0, 0.05) is 4.88 Å². The molecule has 0 fully saturated rings. The summed E-state index contributed by atoms with van der Waals surface area (Å²) >= 11 is 4.31. The zero-order valence-electron chi connectivity index (χ0n) is 7.36. The third-order valence-electron chi connectivity index (χ3n) is 1.62. The number of halogens is 1. The van der Waals surface area contributed by atoms with Crippen molar-refractivity contribution >= 4 is 33.9 Å². The number of hydrogen-bond acceptors (Lipinski definition) is 1. The van der Waals surface area contributed by atoms with Crippen molar-refractivity contribution in [2.75, 3.05) is 0 Å². The summed E-state index contributed by atoms with van der Waals surface area (Å²) in [5, 5.41) is 0. The first-order valence-corrected chi connectivity index (χ1v) is 5.57. The molecule has 0 bridgehead atoms. The van der Waals surface area contributed by atoms with Crippen molar-refractivity contribution < 1.29 is 0 Å². The van der Waals surface area contributed by atoms with Gasteiger partial charge in [-0.2, -0.15) is 0 Å². The molecule has 0 nitrogen and oxygen atoms in total. The molecule has 0 amide bonds. The first-order valence-electron chi connectivity index (χ1n) is 3.67. The molecule has 0 atom stereocenters. The molecular formula is C9H13IS. The zero-order valence-corrected chi connectivity index (χ0v) is 10.3. The maximum absolute atomic E-state index is 2.42. The van der Waals surface area contributed by atoms with E-state index in [-0.39, 0.29) is 0 Å². The molecule has 1 heterocycles. The Kier molecular flexibility index (Phi) is 2.64. The number of hydrogen-bond donors (Lipinski definition) is 0. The summed E-state index contributed by atoms with van der Waals surface area (Å²) in [6.45, 7) is 8.95. The molecule has 1 rings (SSSR count). The highest BCUT2D eigenvalue weighted by Gasteiger charge is 2.18. The molecule has 0 saturated carbocycles. The largest absolute Gasteiger partial charge is 0.134 e. The first kappa shape index (κ1) is 9.52. The van der Waals surface area contributed by atoms with Gasteiger partial charge in [0.05, 0.1) is 2.88 Å². The average Bonchev–Trinajstić information content (AvgIpc) is 2.08. The second-order valence-corrected chi connectivity index (χ2v) is 6.86. The SMILES string of the molecule is Cc1cc(C(C)(C)C)c(I)s1. The Morgan fingerprint density at radius 2 is 1.91 bits per heavy atom. The van der Waals surface area contributed by atoms with Gasteiger partial charge in [0.15, 0.2) is 0 Å². The predicted molar refractivity (Wildman–Crippen MR) is 60.5 cm³/mol. The first-order chi connectivity index (χ1) is 4.91. The quantitative estimate of drug-likeness (QED) is 0.631. The Hall–Kier alpha value is 0.430. The van der Waals surface area contributed by atoms with Crippen LogP contribution in [0.3, 0.4) is 0 Å². The number of aryl methyl sites for hydroxylation is 1. The second-order valence-electron chi connectivity index (χ2n) is 3.79. The van der Waals surface area contributed by atoms with E-state index in [1.54, 1.807) is 0 Å². The van der Waals surface area contributed by atoms with Crippen molar-refractivity contribution in [3.63, 3.8) is 0 Å². The Labute approximate surface area is 86.2 Å². The van der Waals surface area contributed by atoms with Crippen LogP contribution in [-0.4, -0.2) is 0 Å². The van der Waals surface area contributed by atoms with E-state index in [4.69, 9.17) is 0 Å². The summed E-state index contributed by atoms with van der Waals surface area (Å²) in [6, 6.07) is 2.30. The predicted octanol–water partition coefficient (Wildman–Crippen LogP) is 3.96. The van der Waals surface area contributed by atoms with E-state index in [2.05, 4.69) is 56.4 Å². The van der Waals surface area contributed by atoms with Gasteiger partial charge >= 0.3 is 0 Å². The van der Waals surface area contributed by atoms with Crippen LogP contribution >= 0.6 is 33.9 Å². The van der Waals surface area contributed by atoms with Crippen LogP contribution in [0, 0.1) is 9.81 Å². The third-order valence-corrected chi connectivity index (χ3v) is 3.70. The minimum atomic E-state index is 0.307. The maximum atomic E-state index is 2.42. The fraction of sp³-hybridized carbons (Fsp3) is 0.556. The van der Waals surface area contributed by atoms with Gasteiger partial charge in [0.2, 0.25) is 0 Å². The molecule has 0 aliphatic carbocycles. The normalized spacial score (nSPS) is 12.1. The minimum absolute atomic E-state index is 0.307. The van der Waals surface area contributed by atoms with Crippen molar-refractivity contribution in [3.8, 4) is 0 Å². The van der Waals surface area contributed by atoms with Gasteiger partial charge < -0.3 is 0 Å². The lowest BCUT2D eigenvalue weighted by Crippen LogP contribution is -2.10. The van der Waals surface area contributed by atoms with Gasteiger partial charge in [-0.15, -0.1) is 11.3 Å². The van der Waals surface area contributed by atoms with Crippen molar-refractivity contribution in [2.45, 2.75) is 33.1 Å². The summed E-state index contributed by atoms with van der Waals surface area (Å²) in [5.41, 5.74) is 1.79. The van der Waals surface area contributed by atoms with Crippen molar-refractivity contribution in [1.82, 2.24) is 0 Å². The van der Waals surface area contributed by atoms with Crippen molar-refractivity contribution in [2.24, 2.45) is 0 Å². The molecule has 0 aromatic carbocycles. The average molecular weight is 280 g/mol. The van der Waals surface area contributed by atoms with Crippen LogP contribution in [0.4, 0.5) is 0 Å². The van der Waals surface area contributed by atoms with Crippen LogP contribution in [0.2, 0.25) is 0 Å². The summed E-state index contributed by atoms with van der Waals surface area (Å²) in [5.74, 6) is 0. The molecule has 0 saturated heterocycles. The molecule has 1 aromatic rings. The van der Waals surface area contributed by atoms with Gasteiger partial charge in [-0.3, -0.25) is 0 Å². The lowest BCUT2D eigenvalue weighted by Gasteiger charge is -2.17. The second kappa shape index (κ2) is 3.05. The van der Waals surface area contributed by atoms with Crippen LogP contribution in [0.15, 0.2) is 6.07 Å². The Morgan fingerprint density at radius 1 is 1.36 bits per heavy atom. The molecule has 0 unspecified atom stereocenters. The zero-order chi connectivity index (χ0) is 8.65. The number of thiophene rings is 1. The van der Waals surface area contributed by atoms with E-state index in [9.17, 15) is 0 Å². The Bertz CT molecular complexity index is 255. The molecule has 2 heteroatoms. The fourth-order valence-electron chi connectivity index (χ4n) is 0.997. The van der Waals surface area contributed by atoms with Gasteiger partial charge in [-0.05, 0) is 46.6 Å². The molecule has 0 radical (unpaired) electrons. The van der Waals surface area contributed by atoms with Gasteiger partial charge in [0.25, 0.3) is 0 Å². The summed E-state index contributed by atoms with van der Waals surface area (Å²) < 4.78 is 1.44. The molecule has 0 aliphatic heterocycles. The fourth-order valence-corrected chi connectivity index (χ4v) is 3.94. The molecule has 0 aliphatic rings. The lowest BCUT2D eigenvalue weighted by molar-refractivity contribution is 0.589. The monoisotopic (exact) mass is 280 g/mol. The summed E-state index contributed by atoms with van der Waals surface area (Å²) in [6.07, 6.45) is 0. The third kappa shape index (κ3) is 2.18. The van der Waals surface area contributed by atoms with Crippen LogP contribution in [0.1, 0.15) is 31.2 Å². The van der Waals surface area contributed by atoms with E-state index in [1.165, 1.54) is 13.3 Å². The highest BCUT2D eigenvalue weighted by atomic mass is 127. The molecule has 0 spiro atoms. The summed E-state index contributed by atoms with van der Waals surface area (Å²) in [4.78, 5) is 1.42. The van der Waals surface area contributed by atoms with Crippen molar-refractivity contribution in [3.05, 3.63) is 19.4 Å². The van der Waals surface area contributed by atoms with Crippen LogP contribution in [0.25, 0.3) is 0 Å². The molecule has 62 valence electrons. The summed E-state index contributed by atoms with van der Waals surface area (Å²) in [7, 11) is 0. The van der Waals surface area contributed by atoms with Crippen LogP contribution in [-0.2, 0) is 5.41 Å². The minimum Gasteiger partial charge on any atom is -0.134 e. The molecular weight excluding hydrogens is 267 g/mol.